The third-order valence-corrected chi connectivity index (χ3v) is 1.95. The third-order valence-electron chi connectivity index (χ3n) is 1.95. The highest BCUT2D eigenvalue weighted by Crippen LogP contribution is 2.17. The molecule has 0 saturated heterocycles. The van der Waals surface area contributed by atoms with Crippen LogP contribution in [0.15, 0.2) is 12.2 Å². The number of hydrogen-bond acceptors (Lipinski definition) is 2. The lowest BCUT2D eigenvalue weighted by molar-refractivity contribution is -0.120. The molecule has 13 heavy (non-hydrogen) atoms. The molecule has 74 valence electrons. The number of carbonyl (C=O) groups excluding carboxylic acids is 1. The van der Waals surface area contributed by atoms with Gasteiger partial charge in [0.2, 0.25) is 5.91 Å². The van der Waals surface area contributed by atoms with Crippen LogP contribution >= 0.6 is 0 Å². The standard InChI is InChI=1S/C10H18N2O/c1-2-3-4-7-11-8-10(13)12-9-5-6-9/h2-3,9,11H,4-8H2,1H3,(H,12,13)/b3-2+. The molecule has 1 aliphatic carbocycles. The van der Waals surface area contributed by atoms with Crippen molar-refractivity contribution in [2.75, 3.05) is 13.1 Å². The SMILES string of the molecule is C/C=C/CCNCC(=O)NC1CC1. The summed E-state index contributed by atoms with van der Waals surface area (Å²) < 4.78 is 0. The molecule has 2 N–H and O–H groups in total. The van der Waals surface area contributed by atoms with Gasteiger partial charge in [-0.2, -0.15) is 0 Å². The van der Waals surface area contributed by atoms with E-state index in [1.54, 1.807) is 0 Å². The maximum absolute atomic E-state index is 11.1. The lowest BCUT2D eigenvalue weighted by Crippen LogP contribution is -2.35. The smallest absolute Gasteiger partial charge is 0.234 e. The lowest BCUT2D eigenvalue weighted by atomic mass is 10.4. The van der Waals surface area contributed by atoms with Crippen LogP contribution in [-0.4, -0.2) is 25.0 Å². The summed E-state index contributed by atoms with van der Waals surface area (Å²) in [6.45, 7) is 3.33. The molecule has 1 fully saturated rings. The first-order chi connectivity index (χ1) is 6.33. The van der Waals surface area contributed by atoms with Crippen LogP contribution in [0.1, 0.15) is 26.2 Å². The van der Waals surface area contributed by atoms with Gasteiger partial charge >= 0.3 is 0 Å². The molecule has 1 rings (SSSR count). The fraction of sp³-hybridized carbons (Fsp3) is 0.700. The van der Waals surface area contributed by atoms with Gasteiger partial charge in [0.1, 0.15) is 0 Å². The summed E-state index contributed by atoms with van der Waals surface area (Å²) in [5.74, 6) is 0.128. The number of amides is 1. The summed E-state index contributed by atoms with van der Waals surface area (Å²) in [6.07, 6.45) is 7.42. The molecule has 0 bridgehead atoms. The maximum atomic E-state index is 11.1. The van der Waals surface area contributed by atoms with E-state index in [9.17, 15) is 4.79 Å². The van der Waals surface area contributed by atoms with E-state index >= 15 is 0 Å². The highest BCUT2D eigenvalue weighted by molar-refractivity contribution is 5.78. The minimum absolute atomic E-state index is 0.128. The Hall–Kier alpha value is -0.830. The first-order valence-corrected chi connectivity index (χ1v) is 4.94. The second-order valence-electron chi connectivity index (χ2n) is 3.38. The molecule has 0 aromatic carbocycles. The first-order valence-electron chi connectivity index (χ1n) is 4.94. The average molecular weight is 182 g/mol. The summed E-state index contributed by atoms with van der Waals surface area (Å²) in [7, 11) is 0. The quantitative estimate of drug-likeness (QED) is 0.471. The van der Waals surface area contributed by atoms with E-state index < -0.39 is 0 Å². The lowest BCUT2D eigenvalue weighted by Gasteiger charge is -2.03. The van der Waals surface area contributed by atoms with Crippen molar-refractivity contribution in [3.63, 3.8) is 0 Å². The first kappa shape index (κ1) is 10.3. The van der Waals surface area contributed by atoms with Crippen LogP contribution < -0.4 is 10.6 Å². The topological polar surface area (TPSA) is 41.1 Å². The second kappa shape index (κ2) is 5.75. The van der Waals surface area contributed by atoms with Crippen LogP contribution in [0.25, 0.3) is 0 Å². The predicted molar refractivity (Wildman–Crippen MR) is 53.5 cm³/mol. The Morgan fingerprint density at radius 3 is 2.92 bits per heavy atom. The van der Waals surface area contributed by atoms with Crippen LogP contribution in [0.3, 0.4) is 0 Å². The largest absolute Gasteiger partial charge is 0.352 e. The predicted octanol–water partition coefficient (Wildman–Crippen LogP) is 0.821. The Labute approximate surface area is 79.6 Å². The summed E-state index contributed by atoms with van der Waals surface area (Å²) in [5, 5.41) is 6.02. The second-order valence-corrected chi connectivity index (χ2v) is 3.38. The number of rotatable bonds is 6. The van der Waals surface area contributed by atoms with Crippen molar-refractivity contribution < 1.29 is 4.79 Å². The van der Waals surface area contributed by atoms with E-state index in [0.29, 0.717) is 12.6 Å². The Bertz CT molecular complexity index is 185. The summed E-state index contributed by atoms with van der Waals surface area (Å²) in [4.78, 5) is 11.1. The van der Waals surface area contributed by atoms with Gasteiger partial charge < -0.3 is 10.6 Å². The normalized spacial score (nSPS) is 16.4. The van der Waals surface area contributed by atoms with Gasteiger partial charge in [-0.15, -0.1) is 0 Å². The van der Waals surface area contributed by atoms with Gasteiger partial charge in [-0.05, 0) is 32.7 Å². The molecule has 0 atom stereocenters. The molecule has 0 heterocycles. The Morgan fingerprint density at radius 2 is 2.31 bits per heavy atom. The van der Waals surface area contributed by atoms with Crippen LogP contribution in [0.2, 0.25) is 0 Å². The molecule has 3 heteroatoms. The van der Waals surface area contributed by atoms with E-state index in [-0.39, 0.29) is 5.91 Å². The molecule has 3 nitrogen and oxygen atoms in total. The minimum atomic E-state index is 0.128. The highest BCUT2D eigenvalue weighted by atomic mass is 16.2. The van der Waals surface area contributed by atoms with Gasteiger partial charge in [0.15, 0.2) is 0 Å². The zero-order valence-electron chi connectivity index (χ0n) is 8.18. The summed E-state index contributed by atoms with van der Waals surface area (Å²) in [5.41, 5.74) is 0. The van der Waals surface area contributed by atoms with Crippen molar-refractivity contribution >= 4 is 5.91 Å². The van der Waals surface area contributed by atoms with Gasteiger partial charge in [0.05, 0.1) is 6.54 Å². The fourth-order valence-corrected chi connectivity index (χ4v) is 1.06. The van der Waals surface area contributed by atoms with Crippen LogP contribution in [-0.2, 0) is 4.79 Å². The molecular weight excluding hydrogens is 164 g/mol. The Kier molecular flexibility index (Phi) is 4.54. The van der Waals surface area contributed by atoms with Gasteiger partial charge in [-0.1, -0.05) is 12.2 Å². The van der Waals surface area contributed by atoms with Crippen molar-refractivity contribution in [1.29, 1.82) is 0 Å². The van der Waals surface area contributed by atoms with E-state index in [1.807, 2.05) is 13.0 Å². The molecular formula is C10H18N2O. The molecule has 0 aliphatic heterocycles. The van der Waals surface area contributed by atoms with E-state index in [2.05, 4.69) is 16.7 Å². The molecule has 0 aromatic heterocycles. The van der Waals surface area contributed by atoms with E-state index in [0.717, 1.165) is 25.8 Å². The number of hydrogen-bond donors (Lipinski definition) is 2. The fourth-order valence-electron chi connectivity index (χ4n) is 1.06. The van der Waals surface area contributed by atoms with Crippen LogP contribution in [0, 0.1) is 0 Å². The summed E-state index contributed by atoms with van der Waals surface area (Å²) >= 11 is 0. The van der Waals surface area contributed by atoms with Crippen molar-refractivity contribution in [2.24, 2.45) is 0 Å². The molecule has 1 saturated carbocycles. The molecule has 1 aliphatic rings. The molecule has 0 unspecified atom stereocenters. The van der Waals surface area contributed by atoms with Gasteiger partial charge in [0, 0.05) is 6.04 Å². The zero-order valence-corrected chi connectivity index (χ0v) is 8.18. The number of allylic oxidation sites excluding steroid dienone is 1. The Morgan fingerprint density at radius 1 is 1.54 bits per heavy atom. The van der Waals surface area contributed by atoms with Crippen molar-refractivity contribution in [3.8, 4) is 0 Å². The van der Waals surface area contributed by atoms with E-state index in [4.69, 9.17) is 0 Å². The Balaban J connectivity index is 1.88. The minimum Gasteiger partial charge on any atom is -0.352 e. The number of carbonyl (C=O) groups is 1. The molecule has 0 aromatic rings. The molecule has 1 amide bonds. The monoisotopic (exact) mass is 182 g/mol. The van der Waals surface area contributed by atoms with Gasteiger partial charge in [-0.3, -0.25) is 4.79 Å². The third kappa shape index (κ3) is 5.42. The molecule has 0 spiro atoms. The van der Waals surface area contributed by atoms with Crippen molar-refractivity contribution in [2.45, 2.75) is 32.2 Å². The maximum Gasteiger partial charge on any atom is 0.234 e. The highest BCUT2D eigenvalue weighted by Gasteiger charge is 2.22. The zero-order chi connectivity index (χ0) is 9.52. The van der Waals surface area contributed by atoms with Gasteiger partial charge in [0.25, 0.3) is 0 Å². The summed E-state index contributed by atoms with van der Waals surface area (Å²) in [6, 6.07) is 0.477. The van der Waals surface area contributed by atoms with Gasteiger partial charge in [-0.25, -0.2) is 0 Å². The molecule has 0 radical (unpaired) electrons. The van der Waals surface area contributed by atoms with E-state index in [1.165, 1.54) is 0 Å². The van der Waals surface area contributed by atoms with Crippen LogP contribution in [0.4, 0.5) is 0 Å². The van der Waals surface area contributed by atoms with Crippen molar-refractivity contribution in [3.05, 3.63) is 12.2 Å². The average Bonchev–Trinajstić information content (AvgIpc) is 2.88. The van der Waals surface area contributed by atoms with Crippen LogP contribution in [0.5, 0.6) is 0 Å². The van der Waals surface area contributed by atoms with Crippen molar-refractivity contribution in [1.82, 2.24) is 10.6 Å². The number of nitrogens with one attached hydrogen (secondary N) is 2.